The number of phenolic OH excluding ortho intramolecular Hbond substituents is 3. The predicted molar refractivity (Wildman–Crippen MR) is 112 cm³/mol. The van der Waals surface area contributed by atoms with Gasteiger partial charge in [-0.15, -0.1) is 0 Å². The Balaban J connectivity index is 1.94. The molecule has 2 heterocycles. The lowest BCUT2D eigenvalue weighted by atomic mass is 10.00. The second-order valence-corrected chi connectivity index (χ2v) is 7.59. The van der Waals surface area contributed by atoms with Gasteiger partial charge in [0, 0.05) is 11.6 Å². The van der Waals surface area contributed by atoms with Crippen LogP contribution < -0.4 is 14.9 Å². The number of aliphatic hydroxyl groups excluding tert-OH is 3. The summed E-state index contributed by atoms with van der Waals surface area (Å²) < 4.78 is 21.8. The lowest BCUT2D eigenvalue weighted by Gasteiger charge is -2.38. The van der Waals surface area contributed by atoms with E-state index in [9.17, 15) is 35.4 Å². The van der Waals surface area contributed by atoms with Crippen molar-refractivity contribution < 1.29 is 49.3 Å². The highest BCUT2D eigenvalue weighted by molar-refractivity contribution is 5.91. The summed E-state index contributed by atoms with van der Waals surface area (Å²) in [4.78, 5) is 13.4. The zero-order chi connectivity index (χ0) is 24.0. The Kier molecular flexibility index (Phi) is 5.80. The number of methoxy groups -OCH3 is 1. The molecular weight excluding hydrogens is 440 g/mol. The van der Waals surface area contributed by atoms with Gasteiger partial charge in [-0.2, -0.15) is 0 Å². The summed E-state index contributed by atoms with van der Waals surface area (Å²) in [6.07, 6.45) is -7.24. The Bertz CT molecular complexity index is 1230. The molecule has 11 nitrogen and oxygen atoms in total. The van der Waals surface area contributed by atoms with Crippen molar-refractivity contribution in [2.75, 3.05) is 7.11 Å². The minimum Gasteiger partial charge on any atom is -0.508 e. The van der Waals surface area contributed by atoms with Crippen LogP contribution in [-0.2, 0) is 4.74 Å². The maximum atomic E-state index is 13.4. The van der Waals surface area contributed by atoms with Gasteiger partial charge in [-0.1, -0.05) is 0 Å². The normalized spacial score (nSPS) is 25.2. The van der Waals surface area contributed by atoms with Crippen molar-refractivity contribution in [3.63, 3.8) is 0 Å². The van der Waals surface area contributed by atoms with E-state index in [1.165, 1.54) is 38.3 Å². The topological polar surface area (TPSA) is 179 Å². The van der Waals surface area contributed by atoms with Gasteiger partial charge < -0.3 is 49.3 Å². The molecule has 0 amide bonds. The lowest BCUT2D eigenvalue weighted by molar-refractivity contribution is -0.268. The van der Waals surface area contributed by atoms with Crippen LogP contribution in [-0.4, -0.2) is 68.5 Å². The van der Waals surface area contributed by atoms with E-state index in [0.29, 0.717) is 0 Å². The summed E-state index contributed by atoms with van der Waals surface area (Å²) in [6.45, 7) is 1.44. The fourth-order valence-electron chi connectivity index (χ4n) is 3.62. The molecule has 4 rings (SSSR count). The smallest absolute Gasteiger partial charge is 0.239 e. The van der Waals surface area contributed by atoms with Crippen molar-refractivity contribution >= 4 is 11.0 Å². The number of hydrogen-bond donors (Lipinski definition) is 6. The second-order valence-electron chi connectivity index (χ2n) is 7.59. The third-order valence-corrected chi connectivity index (χ3v) is 5.43. The molecule has 0 saturated carbocycles. The quantitative estimate of drug-likeness (QED) is 0.323. The predicted octanol–water partition coefficient (Wildman–Crippen LogP) is 0.792. The molecule has 1 saturated heterocycles. The van der Waals surface area contributed by atoms with Gasteiger partial charge >= 0.3 is 0 Å². The molecular formula is C22H22O11. The average molecular weight is 462 g/mol. The molecule has 1 fully saturated rings. The number of aromatic hydroxyl groups is 3. The van der Waals surface area contributed by atoms with E-state index in [2.05, 4.69) is 0 Å². The maximum absolute atomic E-state index is 13.4. The summed E-state index contributed by atoms with van der Waals surface area (Å²) >= 11 is 0. The lowest BCUT2D eigenvalue weighted by Crippen LogP contribution is -2.58. The van der Waals surface area contributed by atoms with Crippen molar-refractivity contribution in [2.45, 2.75) is 37.6 Å². The summed E-state index contributed by atoms with van der Waals surface area (Å²) in [5, 5.41) is 60.2. The number of fused-ring (bicyclic) bond motifs is 1. The molecule has 0 aliphatic carbocycles. The van der Waals surface area contributed by atoms with Crippen molar-refractivity contribution in [2.24, 2.45) is 0 Å². The van der Waals surface area contributed by atoms with Crippen LogP contribution in [0.3, 0.4) is 0 Å². The molecule has 5 unspecified atom stereocenters. The van der Waals surface area contributed by atoms with E-state index in [4.69, 9.17) is 18.6 Å². The molecule has 0 radical (unpaired) electrons. The van der Waals surface area contributed by atoms with Crippen LogP contribution in [0.25, 0.3) is 22.3 Å². The molecule has 11 heteroatoms. The summed E-state index contributed by atoms with van der Waals surface area (Å²) in [5.74, 6) is -2.25. The van der Waals surface area contributed by atoms with E-state index in [0.717, 1.165) is 6.07 Å². The summed E-state index contributed by atoms with van der Waals surface area (Å²) in [7, 11) is 1.19. The molecule has 0 spiro atoms. The number of phenols is 3. The highest BCUT2D eigenvalue weighted by Crippen LogP contribution is 2.43. The van der Waals surface area contributed by atoms with Crippen LogP contribution in [0.2, 0.25) is 0 Å². The van der Waals surface area contributed by atoms with Gasteiger partial charge in [0.15, 0.2) is 17.3 Å². The van der Waals surface area contributed by atoms with Crippen LogP contribution in [0.1, 0.15) is 6.92 Å². The highest BCUT2D eigenvalue weighted by Gasteiger charge is 2.44. The number of hydrogen-bond acceptors (Lipinski definition) is 11. The monoisotopic (exact) mass is 462 g/mol. The van der Waals surface area contributed by atoms with E-state index in [1.807, 2.05) is 0 Å². The standard InChI is InChI=1S/C22H22O11/c1-8-14(25)17(28)18(29)22(31-8)33-21-16(27)13-12(7-11(24)20(30-2)15(13)26)32-19(21)9-3-5-10(23)6-4-9/h3-8,14,17-18,22-26,28-29H,1-2H3. The molecule has 1 aliphatic heterocycles. The fourth-order valence-corrected chi connectivity index (χ4v) is 3.62. The minimum atomic E-state index is -1.72. The average Bonchev–Trinajstić information content (AvgIpc) is 2.78. The Hall–Kier alpha value is -3.51. The Labute approximate surface area is 186 Å². The molecule has 6 N–H and O–H groups in total. The third-order valence-electron chi connectivity index (χ3n) is 5.43. The summed E-state index contributed by atoms with van der Waals surface area (Å²) in [5.41, 5.74) is -0.810. The van der Waals surface area contributed by atoms with Gasteiger partial charge in [0.2, 0.25) is 23.2 Å². The van der Waals surface area contributed by atoms with Crippen molar-refractivity contribution in [1.29, 1.82) is 0 Å². The van der Waals surface area contributed by atoms with Gasteiger partial charge in [0.1, 0.15) is 35.0 Å². The van der Waals surface area contributed by atoms with Crippen LogP contribution in [0.15, 0.2) is 39.5 Å². The van der Waals surface area contributed by atoms with Crippen molar-refractivity contribution in [3.8, 4) is 40.1 Å². The van der Waals surface area contributed by atoms with E-state index in [1.54, 1.807) is 0 Å². The van der Waals surface area contributed by atoms with Gasteiger partial charge in [-0.3, -0.25) is 4.79 Å². The largest absolute Gasteiger partial charge is 0.508 e. The van der Waals surface area contributed by atoms with E-state index < -0.39 is 53.4 Å². The minimum absolute atomic E-state index is 0.0543. The third kappa shape index (κ3) is 3.80. The first kappa shape index (κ1) is 22.7. The van der Waals surface area contributed by atoms with E-state index >= 15 is 0 Å². The molecule has 176 valence electrons. The number of ether oxygens (including phenoxy) is 3. The fraction of sp³-hybridized carbons (Fsp3) is 0.318. The van der Waals surface area contributed by atoms with Crippen LogP contribution in [0.4, 0.5) is 0 Å². The number of benzene rings is 2. The molecule has 0 bridgehead atoms. The first-order chi connectivity index (χ1) is 15.6. The first-order valence-electron chi connectivity index (χ1n) is 9.89. The molecule has 33 heavy (non-hydrogen) atoms. The SMILES string of the molecule is COc1c(O)cc2oc(-c3ccc(O)cc3)c(OC3OC(C)C(O)C(O)C3O)c(=O)c2c1O. The van der Waals surface area contributed by atoms with Crippen molar-refractivity contribution in [1.82, 2.24) is 0 Å². The molecule has 2 aromatic carbocycles. The first-order valence-corrected chi connectivity index (χ1v) is 9.89. The van der Waals surface area contributed by atoms with Crippen molar-refractivity contribution in [3.05, 3.63) is 40.6 Å². The van der Waals surface area contributed by atoms with Gasteiger partial charge in [0.05, 0.1) is 13.2 Å². The van der Waals surface area contributed by atoms with Crippen LogP contribution in [0, 0.1) is 0 Å². The zero-order valence-corrected chi connectivity index (χ0v) is 17.5. The molecule has 3 aromatic rings. The molecule has 1 aromatic heterocycles. The van der Waals surface area contributed by atoms with Gasteiger partial charge in [-0.05, 0) is 31.2 Å². The van der Waals surface area contributed by atoms with E-state index in [-0.39, 0.29) is 33.8 Å². The Morgan fingerprint density at radius 3 is 2.24 bits per heavy atom. The number of aliphatic hydroxyl groups is 3. The van der Waals surface area contributed by atoms with Gasteiger partial charge in [0.25, 0.3) is 0 Å². The zero-order valence-electron chi connectivity index (χ0n) is 17.5. The maximum Gasteiger partial charge on any atom is 0.239 e. The highest BCUT2D eigenvalue weighted by atomic mass is 16.7. The Morgan fingerprint density at radius 2 is 1.61 bits per heavy atom. The van der Waals surface area contributed by atoms with Gasteiger partial charge in [-0.25, -0.2) is 0 Å². The molecule has 1 aliphatic rings. The van der Waals surface area contributed by atoms with Crippen LogP contribution in [0.5, 0.6) is 28.7 Å². The Morgan fingerprint density at radius 1 is 0.939 bits per heavy atom. The summed E-state index contributed by atoms with van der Waals surface area (Å²) in [6, 6.07) is 6.60. The molecule has 5 atom stereocenters. The second kappa shape index (κ2) is 8.45. The van der Waals surface area contributed by atoms with Crippen LogP contribution >= 0.6 is 0 Å². The number of rotatable bonds is 4.